The van der Waals surface area contributed by atoms with Crippen molar-refractivity contribution in [3.63, 3.8) is 0 Å². The van der Waals surface area contributed by atoms with E-state index in [4.69, 9.17) is 4.74 Å². The standard InChI is InChI=1S/C26H32N4O5/c31-23(7-6-22(24(32)33)28-25(34)35-18-20-4-2-1-3-5-20)29-15-10-26(11-16-29)12-17-30(19-26)21-8-13-27-14-9-21/h1-5,8-9,13-14,22H,6-7,10-12,15-19H2,(H,28,34)(H,32,33)/t22-/m0/s1. The summed E-state index contributed by atoms with van der Waals surface area (Å²) in [6.45, 7) is 3.38. The van der Waals surface area contributed by atoms with E-state index >= 15 is 0 Å². The highest BCUT2D eigenvalue weighted by molar-refractivity contribution is 5.81. The number of carbonyl (C=O) groups is 3. The summed E-state index contributed by atoms with van der Waals surface area (Å²) in [6.07, 6.45) is 5.87. The number of anilines is 1. The van der Waals surface area contributed by atoms with E-state index in [0.29, 0.717) is 13.1 Å². The number of nitrogens with one attached hydrogen (secondary N) is 1. The van der Waals surface area contributed by atoms with E-state index in [1.54, 1.807) is 0 Å². The number of carboxylic acids is 1. The Balaban J connectivity index is 1.20. The number of ether oxygens (including phenoxy) is 1. The lowest BCUT2D eigenvalue weighted by atomic mass is 9.77. The number of hydrogen-bond acceptors (Lipinski definition) is 6. The molecule has 0 unspecified atom stereocenters. The first-order chi connectivity index (χ1) is 16.9. The molecule has 0 aliphatic carbocycles. The molecule has 2 N–H and O–H groups in total. The Morgan fingerprint density at radius 2 is 1.71 bits per heavy atom. The number of hydrogen-bond donors (Lipinski definition) is 2. The van der Waals surface area contributed by atoms with Crippen molar-refractivity contribution >= 4 is 23.7 Å². The first-order valence-electron chi connectivity index (χ1n) is 12.1. The van der Waals surface area contributed by atoms with Gasteiger partial charge in [-0.25, -0.2) is 9.59 Å². The summed E-state index contributed by atoms with van der Waals surface area (Å²) in [7, 11) is 0. The summed E-state index contributed by atoms with van der Waals surface area (Å²) in [5, 5.41) is 11.8. The van der Waals surface area contributed by atoms with Gasteiger partial charge in [0.2, 0.25) is 5.91 Å². The average molecular weight is 481 g/mol. The number of alkyl carbamates (subject to hydrolysis) is 1. The van der Waals surface area contributed by atoms with Crippen molar-refractivity contribution in [2.24, 2.45) is 5.41 Å². The van der Waals surface area contributed by atoms with E-state index in [0.717, 1.165) is 37.9 Å². The van der Waals surface area contributed by atoms with Gasteiger partial charge in [0, 0.05) is 50.7 Å². The monoisotopic (exact) mass is 480 g/mol. The lowest BCUT2D eigenvalue weighted by Crippen LogP contribution is -2.45. The van der Waals surface area contributed by atoms with Crippen LogP contribution in [0.3, 0.4) is 0 Å². The highest BCUT2D eigenvalue weighted by Gasteiger charge is 2.41. The van der Waals surface area contributed by atoms with Crippen LogP contribution < -0.4 is 10.2 Å². The van der Waals surface area contributed by atoms with Gasteiger partial charge in [-0.05, 0) is 48.8 Å². The molecule has 9 heteroatoms. The smallest absolute Gasteiger partial charge is 0.408 e. The lowest BCUT2D eigenvalue weighted by molar-refractivity contribution is -0.140. The Bertz CT molecular complexity index is 1010. The number of aliphatic carboxylic acids is 1. The van der Waals surface area contributed by atoms with E-state index < -0.39 is 18.1 Å². The number of benzene rings is 1. The molecule has 9 nitrogen and oxygen atoms in total. The number of carboxylic acid groups (broad SMARTS) is 1. The molecule has 0 saturated carbocycles. The van der Waals surface area contributed by atoms with Gasteiger partial charge in [-0.15, -0.1) is 0 Å². The van der Waals surface area contributed by atoms with Gasteiger partial charge in [0.1, 0.15) is 12.6 Å². The van der Waals surface area contributed by atoms with Crippen LogP contribution in [0.4, 0.5) is 10.5 Å². The molecule has 186 valence electrons. The zero-order chi connectivity index (χ0) is 24.7. The molecule has 1 aromatic heterocycles. The van der Waals surface area contributed by atoms with Gasteiger partial charge in [0.25, 0.3) is 0 Å². The number of piperidine rings is 1. The van der Waals surface area contributed by atoms with Crippen LogP contribution in [0.15, 0.2) is 54.9 Å². The second-order valence-electron chi connectivity index (χ2n) is 9.39. The highest BCUT2D eigenvalue weighted by Crippen LogP contribution is 2.41. The van der Waals surface area contributed by atoms with Crippen molar-refractivity contribution in [1.29, 1.82) is 0 Å². The van der Waals surface area contributed by atoms with Crippen molar-refractivity contribution < 1.29 is 24.2 Å². The van der Waals surface area contributed by atoms with Crippen molar-refractivity contribution in [2.75, 3.05) is 31.1 Å². The Morgan fingerprint density at radius 1 is 1.03 bits per heavy atom. The number of likely N-dealkylation sites (tertiary alicyclic amines) is 1. The molecule has 35 heavy (non-hydrogen) atoms. The maximum Gasteiger partial charge on any atom is 0.408 e. The highest BCUT2D eigenvalue weighted by atomic mass is 16.5. The van der Waals surface area contributed by atoms with Crippen LogP contribution in [0.5, 0.6) is 0 Å². The summed E-state index contributed by atoms with van der Waals surface area (Å²) in [5.74, 6) is -1.26. The Hall–Kier alpha value is -3.62. The summed E-state index contributed by atoms with van der Waals surface area (Å²) in [6, 6.07) is 12.0. The van der Waals surface area contributed by atoms with Crippen LogP contribution in [0.25, 0.3) is 0 Å². The third-order valence-corrected chi connectivity index (χ3v) is 7.09. The number of aromatic nitrogens is 1. The van der Waals surface area contributed by atoms with Gasteiger partial charge >= 0.3 is 12.1 Å². The molecule has 4 rings (SSSR count). The topological polar surface area (TPSA) is 112 Å². The van der Waals surface area contributed by atoms with Crippen LogP contribution in [-0.4, -0.2) is 65.2 Å². The van der Waals surface area contributed by atoms with Crippen molar-refractivity contribution in [2.45, 2.75) is 44.8 Å². The van der Waals surface area contributed by atoms with E-state index in [-0.39, 0.29) is 30.8 Å². The largest absolute Gasteiger partial charge is 0.480 e. The quantitative estimate of drug-likeness (QED) is 0.597. The molecule has 3 heterocycles. The first kappa shape index (κ1) is 24.5. The van der Waals surface area contributed by atoms with E-state index in [2.05, 4.69) is 15.2 Å². The summed E-state index contributed by atoms with van der Waals surface area (Å²) >= 11 is 0. The summed E-state index contributed by atoms with van der Waals surface area (Å²) in [5.41, 5.74) is 2.21. The average Bonchev–Trinajstić information content (AvgIpc) is 3.30. The molecule has 1 spiro atoms. The molecule has 2 fully saturated rings. The third kappa shape index (κ3) is 6.49. The molecular weight excluding hydrogens is 448 g/mol. The molecule has 1 aromatic carbocycles. The minimum absolute atomic E-state index is 0.0199. The number of pyridine rings is 1. The third-order valence-electron chi connectivity index (χ3n) is 7.09. The zero-order valence-corrected chi connectivity index (χ0v) is 19.8. The maximum atomic E-state index is 12.8. The van der Waals surface area contributed by atoms with Crippen molar-refractivity contribution in [1.82, 2.24) is 15.2 Å². The number of rotatable bonds is 8. The fourth-order valence-corrected chi connectivity index (χ4v) is 4.94. The zero-order valence-electron chi connectivity index (χ0n) is 19.8. The fourth-order valence-electron chi connectivity index (χ4n) is 4.94. The number of nitrogens with zero attached hydrogens (tertiary/aromatic N) is 3. The van der Waals surface area contributed by atoms with Crippen LogP contribution in [0.1, 0.15) is 37.7 Å². The van der Waals surface area contributed by atoms with Gasteiger partial charge < -0.3 is 25.0 Å². The molecule has 2 amide bonds. The van der Waals surface area contributed by atoms with Gasteiger partial charge in [-0.3, -0.25) is 9.78 Å². The maximum absolute atomic E-state index is 12.8. The molecule has 0 radical (unpaired) electrons. The first-order valence-corrected chi connectivity index (χ1v) is 12.1. The Kier molecular flexibility index (Phi) is 7.84. The van der Waals surface area contributed by atoms with E-state index in [1.807, 2.05) is 59.8 Å². The van der Waals surface area contributed by atoms with Crippen LogP contribution in [-0.2, 0) is 20.9 Å². The molecule has 2 aliphatic heterocycles. The van der Waals surface area contributed by atoms with Gasteiger partial charge in [0.15, 0.2) is 0 Å². The second-order valence-corrected chi connectivity index (χ2v) is 9.39. The van der Waals surface area contributed by atoms with E-state index in [1.165, 1.54) is 5.69 Å². The van der Waals surface area contributed by atoms with Crippen LogP contribution in [0, 0.1) is 5.41 Å². The van der Waals surface area contributed by atoms with Crippen LogP contribution in [0.2, 0.25) is 0 Å². The van der Waals surface area contributed by atoms with Gasteiger partial charge in [-0.1, -0.05) is 30.3 Å². The Morgan fingerprint density at radius 3 is 2.40 bits per heavy atom. The normalized spacial score (nSPS) is 17.7. The fraction of sp³-hybridized carbons (Fsp3) is 0.462. The minimum Gasteiger partial charge on any atom is -0.480 e. The van der Waals surface area contributed by atoms with E-state index in [9.17, 15) is 19.5 Å². The molecular formula is C26H32N4O5. The number of amides is 2. The summed E-state index contributed by atoms with van der Waals surface area (Å²) in [4.78, 5) is 44.7. The van der Waals surface area contributed by atoms with Gasteiger partial charge in [0.05, 0.1) is 0 Å². The predicted molar refractivity (Wildman–Crippen MR) is 130 cm³/mol. The number of carbonyl (C=O) groups excluding carboxylic acids is 2. The minimum atomic E-state index is -1.19. The van der Waals surface area contributed by atoms with Crippen LogP contribution >= 0.6 is 0 Å². The molecule has 1 atom stereocenters. The molecule has 2 aromatic rings. The lowest BCUT2D eigenvalue weighted by Gasteiger charge is -2.39. The predicted octanol–water partition coefficient (Wildman–Crippen LogP) is 3.06. The second kappa shape index (κ2) is 11.2. The molecule has 2 aliphatic rings. The SMILES string of the molecule is O=C(N[C@@H](CCC(=O)N1CCC2(CC1)CCN(c1ccncc1)C2)C(=O)O)OCc1ccccc1. The van der Waals surface area contributed by atoms with Crippen molar-refractivity contribution in [3.05, 3.63) is 60.4 Å². The molecule has 2 saturated heterocycles. The summed E-state index contributed by atoms with van der Waals surface area (Å²) < 4.78 is 5.11. The molecule has 0 bridgehead atoms. The Labute approximate surface area is 205 Å². The van der Waals surface area contributed by atoms with Gasteiger partial charge in [-0.2, -0.15) is 0 Å². The van der Waals surface area contributed by atoms with Crippen molar-refractivity contribution in [3.8, 4) is 0 Å².